The molecule has 0 bridgehead atoms. The minimum absolute atomic E-state index is 0.234. The molecule has 2 aromatic rings. The van der Waals surface area contributed by atoms with E-state index in [-0.39, 0.29) is 12.4 Å². The van der Waals surface area contributed by atoms with Crippen LogP contribution in [0.15, 0.2) is 36.5 Å². The van der Waals surface area contributed by atoms with Gasteiger partial charge in [0, 0.05) is 6.20 Å². The summed E-state index contributed by atoms with van der Waals surface area (Å²) in [6, 6.07) is 9.69. The first kappa shape index (κ1) is 13.9. The zero-order valence-electron chi connectivity index (χ0n) is 12.3. The molecule has 0 spiro atoms. The van der Waals surface area contributed by atoms with Crippen molar-refractivity contribution in [2.24, 2.45) is 0 Å². The highest BCUT2D eigenvalue weighted by Gasteiger charge is 2.22. The molecule has 1 fully saturated rings. The van der Waals surface area contributed by atoms with Crippen molar-refractivity contribution < 1.29 is 9.53 Å². The normalized spacial score (nSPS) is 14.7. The zero-order valence-corrected chi connectivity index (χ0v) is 12.3. The van der Waals surface area contributed by atoms with E-state index >= 15 is 0 Å². The number of hydrogen-bond donors (Lipinski definition) is 0. The summed E-state index contributed by atoms with van der Waals surface area (Å²) in [7, 11) is 0. The quantitative estimate of drug-likeness (QED) is 0.625. The van der Waals surface area contributed by atoms with Gasteiger partial charge in [-0.2, -0.15) is 5.10 Å². The van der Waals surface area contributed by atoms with E-state index in [4.69, 9.17) is 4.74 Å². The molecule has 0 unspecified atom stereocenters. The fourth-order valence-corrected chi connectivity index (χ4v) is 2.54. The van der Waals surface area contributed by atoms with Crippen molar-refractivity contribution in [3.8, 4) is 5.75 Å². The van der Waals surface area contributed by atoms with Crippen LogP contribution in [0.1, 0.15) is 43.5 Å². The number of ether oxygens (including phenoxy) is 1. The Balaban J connectivity index is 1.68. The first-order valence-corrected chi connectivity index (χ1v) is 7.59. The number of hydrogen-bond acceptors (Lipinski definition) is 3. The number of aromatic nitrogens is 2. The van der Waals surface area contributed by atoms with Crippen LogP contribution in [0.4, 0.5) is 0 Å². The molecule has 1 aromatic carbocycles. The Bertz CT molecular complexity index is 615. The largest absolute Gasteiger partial charge is 0.426 e. The monoisotopic (exact) mass is 284 g/mol. The summed E-state index contributed by atoms with van der Waals surface area (Å²) in [5.41, 5.74) is 2.00. The predicted molar refractivity (Wildman–Crippen MR) is 80.3 cm³/mol. The lowest BCUT2D eigenvalue weighted by Gasteiger charge is -2.25. The number of nitrogens with zero attached hydrogens (tertiary/aromatic N) is 2. The summed E-state index contributed by atoms with van der Waals surface area (Å²) in [5, 5.41) is 4.60. The van der Waals surface area contributed by atoms with Gasteiger partial charge in [0.1, 0.15) is 5.75 Å². The zero-order chi connectivity index (χ0) is 14.7. The highest BCUT2D eigenvalue weighted by atomic mass is 16.5. The van der Waals surface area contributed by atoms with Gasteiger partial charge in [-0.15, -0.1) is 0 Å². The van der Waals surface area contributed by atoms with Crippen LogP contribution >= 0.6 is 0 Å². The second kappa shape index (κ2) is 6.12. The molecule has 0 radical (unpaired) electrons. The van der Waals surface area contributed by atoms with Crippen LogP contribution in [0.5, 0.6) is 5.75 Å². The molecule has 1 aromatic heterocycles. The lowest BCUT2D eigenvalue weighted by molar-refractivity contribution is -0.133. The van der Waals surface area contributed by atoms with E-state index in [0.29, 0.717) is 11.8 Å². The van der Waals surface area contributed by atoms with Crippen LogP contribution < -0.4 is 4.74 Å². The van der Waals surface area contributed by atoms with Crippen LogP contribution in [0.3, 0.4) is 0 Å². The number of para-hydroxylation sites is 1. The minimum atomic E-state index is -0.255. The fraction of sp³-hybridized carbons (Fsp3) is 0.412. The minimum Gasteiger partial charge on any atom is -0.426 e. The van der Waals surface area contributed by atoms with Gasteiger partial charge in [-0.1, -0.05) is 25.1 Å². The van der Waals surface area contributed by atoms with E-state index in [1.807, 2.05) is 22.9 Å². The predicted octanol–water partition coefficient (Wildman–Crippen LogP) is 3.32. The summed E-state index contributed by atoms with van der Waals surface area (Å²) >= 11 is 0. The van der Waals surface area contributed by atoms with Crippen molar-refractivity contribution in [1.29, 1.82) is 0 Å². The van der Waals surface area contributed by atoms with E-state index < -0.39 is 0 Å². The standard InChI is InChI=1S/C17H20N2O2/c1-2-13-12-19(14-7-6-8-14)18-16(13)11-17(20)21-15-9-4-3-5-10-15/h3-5,9-10,12,14H,2,6-8,11H2,1H3. The molecule has 0 saturated heterocycles. The molecule has 4 heteroatoms. The number of benzene rings is 1. The number of esters is 1. The van der Waals surface area contributed by atoms with Crippen LogP contribution in [0.25, 0.3) is 0 Å². The van der Waals surface area contributed by atoms with Gasteiger partial charge in [-0.25, -0.2) is 0 Å². The Morgan fingerprint density at radius 1 is 1.33 bits per heavy atom. The van der Waals surface area contributed by atoms with E-state index in [1.165, 1.54) is 19.3 Å². The molecule has 1 heterocycles. The van der Waals surface area contributed by atoms with Gasteiger partial charge in [0.05, 0.1) is 18.2 Å². The number of carbonyl (C=O) groups excluding carboxylic acids is 1. The van der Waals surface area contributed by atoms with Crippen LogP contribution in [-0.2, 0) is 17.6 Å². The summed E-state index contributed by atoms with van der Waals surface area (Å²) in [5.74, 6) is 0.328. The van der Waals surface area contributed by atoms with Crippen LogP contribution in [-0.4, -0.2) is 15.7 Å². The Morgan fingerprint density at radius 2 is 2.10 bits per heavy atom. The summed E-state index contributed by atoms with van der Waals surface area (Å²) in [6.45, 7) is 2.09. The second-order valence-electron chi connectivity index (χ2n) is 5.48. The van der Waals surface area contributed by atoms with Crippen molar-refractivity contribution in [2.45, 2.75) is 45.1 Å². The highest BCUT2D eigenvalue weighted by Crippen LogP contribution is 2.31. The first-order valence-electron chi connectivity index (χ1n) is 7.59. The van der Waals surface area contributed by atoms with E-state index in [1.54, 1.807) is 12.1 Å². The molecule has 1 saturated carbocycles. The lowest BCUT2D eigenvalue weighted by Crippen LogP contribution is -2.18. The number of carbonyl (C=O) groups is 1. The third kappa shape index (κ3) is 3.15. The molecule has 1 aliphatic carbocycles. The maximum absolute atomic E-state index is 12.0. The Kier molecular flexibility index (Phi) is 4.04. The SMILES string of the molecule is CCc1cn(C2CCC2)nc1CC(=O)Oc1ccccc1. The lowest BCUT2D eigenvalue weighted by atomic mass is 9.93. The second-order valence-corrected chi connectivity index (χ2v) is 5.48. The first-order chi connectivity index (χ1) is 10.3. The van der Waals surface area contributed by atoms with Gasteiger partial charge in [-0.05, 0) is 43.4 Å². The third-order valence-electron chi connectivity index (χ3n) is 4.01. The van der Waals surface area contributed by atoms with Crippen molar-refractivity contribution in [3.63, 3.8) is 0 Å². The maximum atomic E-state index is 12.0. The van der Waals surface area contributed by atoms with Gasteiger partial charge >= 0.3 is 5.97 Å². The van der Waals surface area contributed by atoms with Gasteiger partial charge in [0.25, 0.3) is 0 Å². The Hall–Kier alpha value is -2.10. The fourth-order valence-electron chi connectivity index (χ4n) is 2.54. The molecule has 0 aliphatic heterocycles. The summed E-state index contributed by atoms with van der Waals surface area (Å²) in [6.07, 6.45) is 6.88. The molecule has 4 nitrogen and oxygen atoms in total. The molecular weight excluding hydrogens is 264 g/mol. The average molecular weight is 284 g/mol. The van der Waals surface area contributed by atoms with Crippen LogP contribution in [0.2, 0.25) is 0 Å². The molecular formula is C17H20N2O2. The van der Waals surface area contributed by atoms with E-state index in [9.17, 15) is 4.79 Å². The molecule has 1 aliphatic rings. The smallest absolute Gasteiger partial charge is 0.317 e. The van der Waals surface area contributed by atoms with Crippen LogP contribution in [0, 0.1) is 0 Å². The number of rotatable bonds is 5. The van der Waals surface area contributed by atoms with Gasteiger partial charge in [-0.3, -0.25) is 9.48 Å². The maximum Gasteiger partial charge on any atom is 0.317 e. The Morgan fingerprint density at radius 3 is 2.71 bits per heavy atom. The third-order valence-corrected chi connectivity index (χ3v) is 4.01. The molecule has 0 atom stereocenters. The Labute approximate surface area is 124 Å². The molecule has 0 amide bonds. The van der Waals surface area contributed by atoms with E-state index in [2.05, 4.69) is 18.2 Å². The summed E-state index contributed by atoms with van der Waals surface area (Å²) in [4.78, 5) is 12.0. The van der Waals surface area contributed by atoms with Crippen molar-refractivity contribution >= 4 is 5.97 Å². The molecule has 0 N–H and O–H groups in total. The van der Waals surface area contributed by atoms with Gasteiger partial charge < -0.3 is 4.74 Å². The number of aryl methyl sites for hydroxylation is 1. The van der Waals surface area contributed by atoms with Crippen molar-refractivity contribution in [1.82, 2.24) is 9.78 Å². The topological polar surface area (TPSA) is 44.1 Å². The van der Waals surface area contributed by atoms with Gasteiger partial charge in [0.15, 0.2) is 0 Å². The summed E-state index contributed by atoms with van der Waals surface area (Å²) < 4.78 is 7.37. The molecule has 110 valence electrons. The van der Waals surface area contributed by atoms with Gasteiger partial charge in [0.2, 0.25) is 0 Å². The highest BCUT2D eigenvalue weighted by molar-refractivity contribution is 5.75. The average Bonchev–Trinajstić information content (AvgIpc) is 2.80. The van der Waals surface area contributed by atoms with Crippen molar-refractivity contribution in [2.75, 3.05) is 0 Å². The van der Waals surface area contributed by atoms with E-state index in [0.717, 1.165) is 17.7 Å². The molecule has 3 rings (SSSR count). The van der Waals surface area contributed by atoms with Crippen molar-refractivity contribution in [3.05, 3.63) is 47.8 Å². The molecule has 21 heavy (non-hydrogen) atoms.